The van der Waals surface area contributed by atoms with Gasteiger partial charge in [-0.2, -0.15) is 0 Å². The van der Waals surface area contributed by atoms with E-state index < -0.39 is 0 Å². The summed E-state index contributed by atoms with van der Waals surface area (Å²) in [5.74, 6) is 0.179. The van der Waals surface area contributed by atoms with Gasteiger partial charge in [0.25, 0.3) is 0 Å². The van der Waals surface area contributed by atoms with E-state index in [0.29, 0.717) is 16.3 Å². The van der Waals surface area contributed by atoms with E-state index in [2.05, 4.69) is 4.99 Å². The van der Waals surface area contributed by atoms with E-state index >= 15 is 0 Å². The number of nitrogens with zero attached hydrogens (tertiary/aromatic N) is 1. The number of aromatic hydroxyl groups is 2. The molecule has 0 heterocycles. The first kappa shape index (κ1) is 11.5. The molecule has 0 radical (unpaired) electrons. The zero-order valence-electron chi connectivity index (χ0n) is 8.84. The minimum atomic E-state index is 0.0882. The van der Waals surface area contributed by atoms with Crippen LogP contribution in [0.15, 0.2) is 47.5 Å². The summed E-state index contributed by atoms with van der Waals surface area (Å²) in [5.41, 5.74) is 0.938. The van der Waals surface area contributed by atoms with Crippen molar-refractivity contribution in [3.8, 4) is 11.5 Å². The van der Waals surface area contributed by atoms with Crippen molar-refractivity contribution in [1.82, 2.24) is 0 Å². The highest BCUT2D eigenvalue weighted by atomic mass is 35.5. The largest absolute Gasteiger partial charge is 0.507 e. The average Bonchev–Trinajstić information content (AvgIpc) is 2.32. The molecule has 2 rings (SSSR count). The lowest BCUT2D eigenvalue weighted by Crippen LogP contribution is -1.82. The molecule has 0 unspecified atom stereocenters. The molecule has 2 N–H and O–H groups in total. The maximum Gasteiger partial charge on any atom is 0.141 e. The summed E-state index contributed by atoms with van der Waals surface area (Å²) in [7, 11) is 0. The van der Waals surface area contributed by atoms with Crippen LogP contribution in [0.2, 0.25) is 5.02 Å². The van der Waals surface area contributed by atoms with Gasteiger partial charge in [-0.15, -0.1) is 0 Å². The van der Waals surface area contributed by atoms with Gasteiger partial charge < -0.3 is 10.2 Å². The van der Waals surface area contributed by atoms with E-state index in [9.17, 15) is 10.2 Å². The summed E-state index contributed by atoms with van der Waals surface area (Å²) in [6.45, 7) is 0. The second-order valence-corrected chi connectivity index (χ2v) is 3.89. The fourth-order valence-corrected chi connectivity index (χ4v) is 1.52. The highest BCUT2D eigenvalue weighted by Crippen LogP contribution is 2.26. The molecule has 0 spiro atoms. The first-order valence-corrected chi connectivity index (χ1v) is 5.35. The van der Waals surface area contributed by atoms with Crippen LogP contribution in [-0.2, 0) is 0 Å². The van der Waals surface area contributed by atoms with Crippen molar-refractivity contribution in [2.24, 2.45) is 4.99 Å². The molecule has 0 atom stereocenters. The van der Waals surface area contributed by atoms with Crippen molar-refractivity contribution in [3.05, 3.63) is 53.1 Å². The predicted molar refractivity (Wildman–Crippen MR) is 68.5 cm³/mol. The van der Waals surface area contributed by atoms with Crippen LogP contribution in [0.4, 0.5) is 5.69 Å². The Balaban J connectivity index is 2.32. The number of phenols is 2. The standard InChI is InChI=1S/C13H10ClNO2/c14-10-5-6-12(16)9(7-10)8-15-11-3-1-2-4-13(11)17/h1-8,16-17H. The van der Waals surface area contributed by atoms with Gasteiger partial charge in [-0.05, 0) is 30.3 Å². The van der Waals surface area contributed by atoms with Gasteiger partial charge in [-0.1, -0.05) is 23.7 Å². The molecule has 0 saturated carbocycles. The van der Waals surface area contributed by atoms with Crippen LogP contribution in [0.1, 0.15) is 5.56 Å². The normalized spacial score (nSPS) is 10.9. The highest BCUT2D eigenvalue weighted by molar-refractivity contribution is 6.30. The molecule has 0 amide bonds. The number of halogens is 1. The Kier molecular flexibility index (Phi) is 3.30. The molecule has 2 aromatic carbocycles. The summed E-state index contributed by atoms with van der Waals surface area (Å²) in [4.78, 5) is 4.08. The van der Waals surface area contributed by atoms with Gasteiger partial charge >= 0.3 is 0 Å². The van der Waals surface area contributed by atoms with Crippen molar-refractivity contribution < 1.29 is 10.2 Å². The van der Waals surface area contributed by atoms with Crippen LogP contribution in [0, 0.1) is 0 Å². The zero-order chi connectivity index (χ0) is 12.3. The van der Waals surface area contributed by atoms with E-state index in [1.807, 2.05) is 0 Å². The van der Waals surface area contributed by atoms with Crippen LogP contribution < -0.4 is 0 Å². The van der Waals surface area contributed by atoms with Crippen LogP contribution in [0.3, 0.4) is 0 Å². The summed E-state index contributed by atoms with van der Waals surface area (Å²) in [6.07, 6.45) is 1.45. The number of rotatable bonds is 2. The second kappa shape index (κ2) is 4.89. The fraction of sp³-hybridized carbons (Fsp3) is 0. The minimum absolute atomic E-state index is 0.0882. The topological polar surface area (TPSA) is 52.8 Å². The third kappa shape index (κ3) is 2.77. The molecule has 0 aliphatic heterocycles. The summed E-state index contributed by atoms with van der Waals surface area (Å²) < 4.78 is 0. The Labute approximate surface area is 104 Å². The maximum atomic E-state index is 9.57. The molecule has 0 aliphatic carbocycles. The molecular formula is C13H10ClNO2. The van der Waals surface area contributed by atoms with E-state index in [4.69, 9.17) is 11.6 Å². The minimum Gasteiger partial charge on any atom is -0.507 e. The van der Waals surface area contributed by atoms with Crippen molar-refractivity contribution in [2.75, 3.05) is 0 Å². The molecule has 0 bridgehead atoms. The monoisotopic (exact) mass is 247 g/mol. The summed E-state index contributed by atoms with van der Waals surface area (Å²) in [5, 5.41) is 19.6. The molecule has 0 aliphatic rings. The van der Waals surface area contributed by atoms with Gasteiger partial charge in [0.1, 0.15) is 17.2 Å². The van der Waals surface area contributed by atoms with Crippen LogP contribution >= 0.6 is 11.6 Å². The molecule has 86 valence electrons. The van der Waals surface area contributed by atoms with Crippen LogP contribution in [0.25, 0.3) is 0 Å². The van der Waals surface area contributed by atoms with E-state index in [-0.39, 0.29) is 11.5 Å². The summed E-state index contributed by atoms with van der Waals surface area (Å²) in [6, 6.07) is 11.4. The number of aliphatic imine (C=N–C) groups is 1. The summed E-state index contributed by atoms with van der Waals surface area (Å²) >= 11 is 5.81. The Morgan fingerprint density at radius 2 is 1.76 bits per heavy atom. The molecule has 2 aromatic rings. The van der Waals surface area contributed by atoms with Crippen molar-refractivity contribution in [3.63, 3.8) is 0 Å². The molecule has 4 heteroatoms. The quantitative estimate of drug-likeness (QED) is 0.798. The Morgan fingerprint density at radius 3 is 2.53 bits per heavy atom. The van der Waals surface area contributed by atoms with Gasteiger partial charge in [0, 0.05) is 16.8 Å². The smallest absolute Gasteiger partial charge is 0.141 e. The molecular weight excluding hydrogens is 238 g/mol. The molecule has 0 fully saturated rings. The molecule has 0 saturated heterocycles. The number of hydrogen-bond donors (Lipinski definition) is 2. The Hall–Kier alpha value is -2.00. The van der Waals surface area contributed by atoms with Gasteiger partial charge in [0.15, 0.2) is 0 Å². The first-order chi connectivity index (χ1) is 8.16. The van der Waals surface area contributed by atoms with Gasteiger partial charge in [0.2, 0.25) is 0 Å². The number of para-hydroxylation sites is 2. The van der Waals surface area contributed by atoms with E-state index in [1.54, 1.807) is 36.4 Å². The van der Waals surface area contributed by atoms with E-state index in [1.165, 1.54) is 12.3 Å². The number of phenolic OH excluding ortho intramolecular Hbond substituents is 2. The molecule has 3 nitrogen and oxygen atoms in total. The molecule has 17 heavy (non-hydrogen) atoms. The van der Waals surface area contributed by atoms with Gasteiger partial charge in [-0.3, -0.25) is 4.99 Å². The lowest BCUT2D eigenvalue weighted by atomic mass is 10.2. The second-order valence-electron chi connectivity index (χ2n) is 3.45. The van der Waals surface area contributed by atoms with Crippen LogP contribution in [0.5, 0.6) is 11.5 Å². The lowest BCUT2D eigenvalue weighted by Gasteiger charge is -2.00. The van der Waals surface area contributed by atoms with Gasteiger partial charge in [0.05, 0.1) is 0 Å². The third-order valence-electron chi connectivity index (χ3n) is 2.21. The predicted octanol–water partition coefficient (Wildman–Crippen LogP) is 3.50. The first-order valence-electron chi connectivity index (χ1n) is 4.97. The van der Waals surface area contributed by atoms with Crippen molar-refractivity contribution in [1.29, 1.82) is 0 Å². The third-order valence-corrected chi connectivity index (χ3v) is 2.45. The Bertz CT molecular complexity index is 567. The highest BCUT2D eigenvalue weighted by Gasteiger charge is 2.00. The van der Waals surface area contributed by atoms with Crippen molar-refractivity contribution in [2.45, 2.75) is 0 Å². The van der Waals surface area contributed by atoms with E-state index in [0.717, 1.165) is 0 Å². The van der Waals surface area contributed by atoms with Crippen molar-refractivity contribution >= 4 is 23.5 Å². The van der Waals surface area contributed by atoms with Gasteiger partial charge in [-0.25, -0.2) is 0 Å². The number of benzene rings is 2. The zero-order valence-corrected chi connectivity index (χ0v) is 9.59. The fourth-order valence-electron chi connectivity index (χ4n) is 1.34. The number of hydrogen-bond acceptors (Lipinski definition) is 3. The van der Waals surface area contributed by atoms with Crippen LogP contribution in [-0.4, -0.2) is 16.4 Å². The molecule has 0 aromatic heterocycles. The average molecular weight is 248 g/mol. The SMILES string of the molecule is Oc1ccc(Cl)cc1C=Nc1ccccc1O. The Morgan fingerprint density at radius 1 is 1.00 bits per heavy atom. The lowest BCUT2D eigenvalue weighted by molar-refractivity contribution is 0.474. The maximum absolute atomic E-state index is 9.57.